The van der Waals surface area contributed by atoms with E-state index < -0.39 is 11.4 Å². The summed E-state index contributed by atoms with van der Waals surface area (Å²) in [6.07, 6.45) is 6.45. The van der Waals surface area contributed by atoms with Gasteiger partial charge >= 0.3 is 12.1 Å². The van der Waals surface area contributed by atoms with Gasteiger partial charge in [-0.2, -0.15) is 0 Å². The second-order valence-corrected chi connectivity index (χ2v) is 10.5. The molecule has 10 nitrogen and oxygen atoms in total. The predicted octanol–water partition coefficient (Wildman–Crippen LogP) is 3.90. The van der Waals surface area contributed by atoms with Crippen LogP contribution in [-0.4, -0.2) is 61.2 Å². The fourth-order valence-corrected chi connectivity index (χ4v) is 4.82. The first kappa shape index (κ1) is 23.6. The fourth-order valence-electron chi connectivity index (χ4n) is 4.82. The van der Waals surface area contributed by atoms with Crippen molar-refractivity contribution >= 4 is 12.1 Å². The lowest BCUT2D eigenvalue weighted by molar-refractivity contribution is -0.151. The zero-order valence-corrected chi connectivity index (χ0v) is 20.6. The summed E-state index contributed by atoms with van der Waals surface area (Å²) < 4.78 is 13.5. The van der Waals surface area contributed by atoms with Gasteiger partial charge in [-0.05, 0) is 64.0 Å². The van der Waals surface area contributed by atoms with Crippen LogP contribution in [-0.2, 0) is 23.2 Å². The Morgan fingerprint density at radius 1 is 1.23 bits per heavy atom. The SMILES string of the molecule is CN(C(=O)OCc1c(-c2ccc(O[C@H]3CCC[C@](C)(C(=O)O)C3)c(C3CC3)n2)nnn1C)C1CC1. The summed E-state index contributed by atoms with van der Waals surface area (Å²) in [5.41, 5.74) is 2.05. The quantitative estimate of drug-likeness (QED) is 0.600. The third kappa shape index (κ3) is 4.97. The number of aliphatic carboxylic acids is 1. The third-order valence-electron chi connectivity index (χ3n) is 7.49. The van der Waals surface area contributed by atoms with E-state index in [1.807, 2.05) is 12.1 Å². The number of carbonyl (C=O) groups excluding carboxylic acids is 1. The van der Waals surface area contributed by atoms with Crippen molar-refractivity contribution in [2.45, 2.75) is 83.0 Å². The van der Waals surface area contributed by atoms with Crippen molar-refractivity contribution in [1.29, 1.82) is 0 Å². The Morgan fingerprint density at radius 2 is 2.00 bits per heavy atom. The van der Waals surface area contributed by atoms with Crippen LogP contribution in [0.5, 0.6) is 5.75 Å². The summed E-state index contributed by atoms with van der Waals surface area (Å²) in [5.74, 6) is 0.282. The molecule has 0 radical (unpaired) electrons. The molecule has 0 saturated heterocycles. The average Bonchev–Trinajstić information content (AvgIpc) is 3.75. The summed E-state index contributed by atoms with van der Waals surface area (Å²) in [6.45, 7) is 1.86. The summed E-state index contributed by atoms with van der Waals surface area (Å²) in [5, 5.41) is 18.1. The van der Waals surface area contributed by atoms with Crippen LogP contribution in [0.15, 0.2) is 12.1 Å². The lowest BCUT2D eigenvalue weighted by atomic mass is 9.74. The van der Waals surface area contributed by atoms with Crippen LogP contribution in [0.1, 0.15) is 75.6 Å². The number of aromatic nitrogens is 4. The Hall–Kier alpha value is -3.17. The lowest BCUT2D eigenvalue weighted by Crippen LogP contribution is -2.38. The molecule has 2 atom stereocenters. The molecule has 2 aromatic rings. The van der Waals surface area contributed by atoms with Gasteiger partial charge in [0.2, 0.25) is 0 Å². The Kier molecular flexibility index (Phi) is 6.14. The van der Waals surface area contributed by atoms with Crippen molar-refractivity contribution in [3.05, 3.63) is 23.5 Å². The summed E-state index contributed by atoms with van der Waals surface area (Å²) in [4.78, 5) is 30.6. The Balaban J connectivity index is 1.34. The molecule has 0 aromatic carbocycles. The molecule has 35 heavy (non-hydrogen) atoms. The van der Waals surface area contributed by atoms with E-state index in [9.17, 15) is 14.7 Å². The molecular weight excluding hydrogens is 450 g/mol. The van der Waals surface area contributed by atoms with Gasteiger partial charge in [-0.15, -0.1) is 5.10 Å². The maximum Gasteiger partial charge on any atom is 0.410 e. The van der Waals surface area contributed by atoms with E-state index in [2.05, 4.69) is 10.3 Å². The number of nitrogens with zero attached hydrogens (tertiary/aromatic N) is 5. The van der Waals surface area contributed by atoms with E-state index in [1.54, 1.807) is 30.6 Å². The zero-order valence-electron chi connectivity index (χ0n) is 20.6. The first-order valence-corrected chi connectivity index (χ1v) is 12.4. The van der Waals surface area contributed by atoms with E-state index in [-0.39, 0.29) is 24.8 Å². The number of amides is 1. The van der Waals surface area contributed by atoms with Crippen LogP contribution in [0.3, 0.4) is 0 Å². The van der Waals surface area contributed by atoms with Gasteiger partial charge in [0, 0.05) is 32.5 Å². The summed E-state index contributed by atoms with van der Waals surface area (Å²) in [6, 6.07) is 4.04. The number of ether oxygens (including phenoxy) is 2. The molecule has 1 N–H and O–H groups in total. The highest BCUT2D eigenvalue weighted by Crippen LogP contribution is 2.45. The molecule has 0 unspecified atom stereocenters. The molecule has 1 amide bonds. The fraction of sp³-hybridized carbons (Fsp3) is 0.640. The molecule has 188 valence electrons. The third-order valence-corrected chi connectivity index (χ3v) is 7.49. The summed E-state index contributed by atoms with van der Waals surface area (Å²) >= 11 is 0. The second-order valence-electron chi connectivity index (χ2n) is 10.5. The highest BCUT2D eigenvalue weighted by Gasteiger charge is 2.40. The highest BCUT2D eigenvalue weighted by molar-refractivity contribution is 5.74. The molecule has 2 aromatic heterocycles. The van der Waals surface area contributed by atoms with E-state index in [4.69, 9.17) is 14.5 Å². The average molecular weight is 484 g/mol. The first-order chi connectivity index (χ1) is 16.7. The first-order valence-electron chi connectivity index (χ1n) is 12.4. The maximum atomic E-state index is 12.3. The monoisotopic (exact) mass is 483 g/mol. The molecule has 5 rings (SSSR count). The maximum absolute atomic E-state index is 12.3. The number of rotatable bonds is 8. The van der Waals surface area contributed by atoms with Crippen molar-refractivity contribution < 1.29 is 24.2 Å². The van der Waals surface area contributed by atoms with E-state index >= 15 is 0 Å². The Labute approximate surface area is 204 Å². The van der Waals surface area contributed by atoms with E-state index in [0.717, 1.165) is 50.0 Å². The lowest BCUT2D eigenvalue weighted by Gasteiger charge is -2.35. The van der Waals surface area contributed by atoms with Gasteiger partial charge in [0.15, 0.2) is 0 Å². The Morgan fingerprint density at radius 3 is 2.69 bits per heavy atom. The van der Waals surface area contributed by atoms with E-state index in [0.29, 0.717) is 35.8 Å². The van der Waals surface area contributed by atoms with Crippen LogP contribution in [0.2, 0.25) is 0 Å². The molecule has 3 aliphatic carbocycles. The summed E-state index contributed by atoms with van der Waals surface area (Å²) in [7, 11) is 3.53. The number of carboxylic acids is 1. The van der Waals surface area contributed by atoms with Crippen LogP contribution >= 0.6 is 0 Å². The minimum absolute atomic E-state index is 0.0588. The topological polar surface area (TPSA) is 120 Å². The molecule has 3 saturated carbocycles. The van der Waals surface area contributed by atoms with Gasteiger partial charge < -0.3 is 19.5 Å². The van der Waals surface area contributed by atoms with Gasteiger partial charge in [0.05, 0.1) is 22.9 Å². The van der Waals surface area contributed by atoms with Crippen LogP contribution < -0.4 is 4.74 Å². The molecule has 3 fully saturated rings. The minimum atomic E-state index is -0.763. The smallest absolute Gasteiger partial charge is 0.410 e. The van der Waals surface area contributed by atoms with Crippen LogP contribution in [0, 0.1) is 5.41 Å². The largest absolute Gasteiger partial charge is 0.488 e. The minimum Gasteiger partial charge on any atom is -0.488 e. The second kappa shape index (κ2) is 9.13. The van der Waals surface area contributed by atoms with Gasteiger partial charge in [0.25, 0.3) is 0 Å². The van der Waals surface area contributed by atoms with Gasteiger partial charge in [-0.25, -0.2) is 14.5 Å². The molecule has 10 heteroatoms. The van der Waals surface area contributed by atoms with Crippen molar-refractivity contribution in [1.82, 2.24) is 24.9 Å². The van der Waals surface area contributed by atoms with Gasteiger partial charge in [-0.3, -0.25) is 4.79 Å². The highest BCUT2D eigenvalue weighted by atomic mass is 16.6. The number of hydrogen-bond donors (Lipinski definition) is 1. The molecule has 0 aliphatic heterocycles. The number of carboxylic acid groups (broad SMARTS) is 1. The molecule has 0 bridgehead atoms. The number of carbonyl (C=O) groups is 2. The standard InChI is InChI=1S/C25H33N5O5/c1-25(23(31)32)12-4-5-17(13-25)35-20-11-10-18(26-21(20)15-6-7-15)22-19(30(3)28-27-22)14-34-24(33)29(2)16-8-9-16/h10-11,15-17H,4-9,12-14H2,1-3H3,(H,31,32)/t17-,25-/m0/s1. The van der Waals surface area contributed by atoms with E-state index in [1.165, 1.54) is 0 Å². The van der Waals surface area contributed by atoms with Crippen LogP contribution in [0.25, 0.3) is 11.4 Å². The number of hydrogen-bond acceptors (Lipinski definition) is 7. The van der Waals surface area contributed by atoms with Crippen molar-refractivity contribution in [2.75, 3.05) is 7.05 Å². The number of pyridine rings is 1. The van der Waals surface area contributed by atoms with Crippen molar-refractivity contribution in [3.8, 4) is 17.1 Å². The van der Waals surface area contributed by atoms with Gasteiger partial charge in [-0.1, -0.05) is 5.21 Å². The molecular formula is C25H33N5O5. The van der Waals surface area contributed by atoms with Crippen molar-refractivity contribution in [3.63, 3.8) is 0 Å². The molecule has 0 spiro atoms. The normalized spacial score (nSPS) is 24.1. The predicted molar refractivity (Wildman–Crippen MR) is 126 cm³/mol. The number of aryl methyl sites for hydroxylation is 1. The zero-order chi connectivity index (χ0) is 24.7. The van der Waals surface area contributed by atoms with Crippen LogP contribution in [0.4, 0.5) is 4.79 Å². The Bertz CT molecular complexity index is 1130. The van der Waals surface area contributed by atoms with Gasteiger partial charge in [0.1, 0.15) is 23.7 Å². The molecule has 2 heterocycles. The molecule has 3 aliphatic rings. The van der Waals surface area contributed by atoms with Crippen molar-refractivity contribution in [2.24, 2.45) is 12.5 Å².